The lowest BCUT2D eigenvalue weighted by molar-refractivity contribution is -0.124. The Bertz CT molecular complexity index is 372. The Morgan fingerprint density at radius 3 is 3.19 bits per heavy atom. The fraction of sp³-hybridized carbons (Fsp3) is 0.417. The summed E-state index contributed by atoms with van der Waals surface area (Å²) in [5.74, 6) is 0.143. The molecule has 86 valence electrons. The minimum atomic E-state index is 0.143. The normalized spacial score (nSPS) is 20.8. The van der Waals surface area contributed by atoms with Crippen LogP contribution in [0, 0.1) is 0 Å². The van der Waals surface area contributed by atoms with Gasteiger partial charge in [0.15, 0.2) is 0 Å². The van der Waals surface area contributed by atoms with Crippen LogP contribution in [0.1, 0.15) is 11.3 Å². The highest BCUT2D eigenvalue weighted by Crippen LogP contribution is 2.20. The minimum absolute atomic E-state index is 0.143. The molecule has 0 N–H and O–H groups in total. The van der Waals surface area contributed by atoms with E-state index in [1.807, 2.05) is 40.3 Å². The van der Waals surface area contributed by atoms with Crippen molar-refractivity contribution < 1.29 is 4.79 Å². The lowest BCUT2D eigenvalue weighted by Crippen LogP contribution is -2.27. The van der Waals surface area contributed by atoms with Crippen molar-refractivity contribution in [1.29, 1.82) is 0 Å². The second kappa shape index (κ2) is 5.55. The molecular formula is C12H15NOS2. The van der Waals surface area contributed by atoms with E-state index in [2.05, 4.69) is 6.26 Å². The standard InChI is InChI=1S/C12H15NOS2/c1-15-11-6-7-13(9-11)12(14)5-4-10-3-2-8-16-10/h2-5,8,11H,6-7,9H2,1H3. The smallest absolute Gasteiger partial charge is 0.246 e. The third-order valence-corrected chi connectivity index (χ3v) is 4.61. The van der Waals surface area contributed by atoms with E-state index in [0.717, 1.165) is 24.4 Å². The van der Waals surface area contributed by atoms with E-state index in [9.17, 15) is 4.79 Å². The van der Waals surface area contributed by atoms with Crippen molar-refractivity contribution in [2.75, 3.05) is 19.3 Å². The fourth-order valence-electron chi connectivity index (χ4n) is 1.77. The van der Waals surface area contributed by atoms with E-state index in [0.29, 0.717) is 5.25 Å². The number of hydrogen-bond donors (Lipinski definition) is 0. The summed E-state index contributed by atoms with van der Waals surface area (Å²) >= 11 is 3.50. The van der Waals surface area contributed by atoms with Crippen molar-refractivity contribution in [2.45, 2.75) is 11.7 Å². The van der Waals surface area contributed by atoms with E-state index in [1.165, 1.54) is 0 Å². The first-order valence-corrected chi connectivity index (χ1v) is 7.49. The molecule has 1 aromatic rings. The molecular weight excluding hydrogens is 238 g/mol. The average molecular weight is 253 g/mol. The Balaban J connectivity index is 1.89. The van der Waals surface area contributed by atoms with Crippen LogP contribution in [0.25, 0.3) is 6.08 Å². The number of nitrogens with zero attached hydrogens (tertiary/aromatic N) is 1. The molecule has 4 heteroatoms. The van der Waals surface area contributed by atoms with Crippen LogP contribution in [-0.4, -0.2) is 35.4 Å². The maximum atomic E-state index is 11.8. The molecule has 2 nitrogen and oxygen atoms in total. The molecule has 1 atom stereocenters. The highest BCUT2D eigenvalue weighted by Gasteiger charge is 2.23. The van der Waals surface area contributed by atoms with Gasteiger partial charge in [0, 0.05) is 29.3 Å². The first-order chi connectivity index (χ1) is 7.79. The molecule has 16 heavy (non-hydrogen) atoms. The second-order valence-electron chi connectivity index (χ2n) is 3.78. The summed E-state index contributed by atoms with van der Waals surface area (Å²) in [6, 6.07) is 4.01. The largest absolute Gasteiger partial charge is 0.338 e. The third kappa shape index (κ3) is 2.89. The van der Waals surface area contributed by atoms with Gasteiger partial charge in [-0.2, -0.15) is 11.8 Å². The summed E-state index contributed by atoms with van der Waals surface area (Å²) in [4.78, 5) is 14.9. The molecule has 0 aliphatic carbocycles. The van der Waals surface area contributed by atoms with Crippen LogP contribution in [-0.2, 0) is 4.79 Å². The summed E-state index contributed by atoms with van der Waals surface area (Å²) in [7, 11) is 0. The van der Waals surface area contributed by atoms with Crippen molar-refractivity contribution in [1.82, 2.24) is 4.90 Å². The van der Waals surface area contributed by atoms with Crippen LogP contribution >= 0.6 is 23.1 Å². The van der Waals surface area contributed by atoms with Gasteiger partial charge < -0.3 is 4.90 Å². The minimum Gasteiger partial charge on any atom is -0.338 e. The molecule has 1 aliphatic heterocycles. The maximum Gasteiger partial charge on any atom is 0.246 e. The number of carbonyl (C=O) groups is 1. The van der Waals surface area contributed by atoms with Crippen LogP contribution in [0.15, 0.2) is 23.6 Å². The zero-order chi connectivity index (χ0) is 11.4. The van der Waals surface area contributed by atoms with Gasteiger partial charge in [-0.3, -0.25) is 4.79 Å². The van der Waals surface area contributed by atoms with Gasteiger partial charge in [-0.25, -0.2) is 0 Å². The van der Waals surface area contributed by atoms with E-state index in [-0.39, 0.29) is 5.91 Å². The molecule has 1 saturated heterocycles. The van der Waals surface area contributed by atoms with Crippen LogP contribution in [0.2, 0.25) is 0 Å². The summed E-state index contributed by atoms with van der Waals surface area (Å²) in [6.07, 6.45) is 6.83. The number of amides is 1. The molecule has 1 fully saturated rings. The Morgan fingerprint density at radius 2 is 2.56 bits per heavy atom. The molecule has 0 spiro atoms. The number of thioether (sulfide) groups is 1. The molecule has 1 aliphatic rings. The van der Waals surface area contributed by atoms with Gasteiger partial charge in [-0.1, -0.05) is 6.07 Å². The lowest BCUT2D eigenvalue weighted by atomic mass is 10.4. The Kier molecular flexibility index (Phi) is 4.07. The van der Waals surface area contributed by atoms with E-state index >= 15 is 0 Å². The second-order valence-corrected chi connectivity index (χ2v) is 5.90. The number of hydrogen-bond acceptors (Lipinski definition) is 3. The van der Waals surface area contributed by atoms with Gasteiger partial charge in [0.05, 0.1) is 0 Å². The van der Waals surface area contributed by atoms with Gasteiger partial charge in [-0.05, 0) is 30.2 Å². The van der Waals surface area contributed by atoms with Crippen LogP contribution in [0.3, 0.4) is 0 Å². The molecule has 2 heterocycles. The SMILES string of the molecule is CSC1CCN(C(=O)C=Cc2cccs2)C1. The summed E-state index contributed by atoms with van der Waals surface area (Å²) in [5, 5.41) is 2.64. The van der Waals surface area contributed by atoms with E-state index in [1.54, 1.807) is 17.4 Å². The lowest BCUT2D eigenvalue weighted by Gasteiger charge is -2.13. The molecule has 1 unspecified atom stereocenters. The summed E-state index contributed by atoms with van der Waals surface area (Å²) in [6.45, 7) is 1.80. The molecule has 0 bridgehead atoms. The van der Waals surface area contributed by atoms with Crippen LogP contribution in [0.5, 0.6) is 0 Å². The highest BCUT2D eigenvalue weighted by molar-refractivity contribution is 7.99. The number of thiophene rings is 1. The quantitative estimate of drug-likeness (QED) is 0.772. The van der Waals surface area contributed by atoms with Gasteiger partial charge in [0.1, 0.15) is 0 Å². The highest BCUT2D eigenvalue weighted by atomic mass is 32.2. The van der Waals surface area contributed by atoms with Gasteiger partial charge in [-0.15, -0.1) is 11.3 Å². The summed E-state index contributed by atoms with van der Waals surface area (Å²) in [5.41, 5.74) is 0. The zero-order valence-corrected chi connectivity index (χ0v) is 10.9. The van der Waals surface area contributed by atoms with Crippen LogP contribution in [0.4, 0.5) is 0 Å². The van der Waals surface area contributed by atoms with Crippen molar-refractivity contribution in [3.05, 3.63) is 28.5 Å². The first-order valence-electron chi connectivity index (χ1n) is 5.33. The molecule has 1 aromatic heterocycles. The van der Waals surface area contributed by atoms with Gasteiger partial charge >= 0.3 is 0 Å². The van der Waals surface area contributed by atoms with Gasteiger partial charge in [0.25, 0.3) is 0 Å². The monoisotopic (exact) mass is 253 g/mol. The molecule has 1 amide bonds. The Hall–Kier alpha value is -0.740. The topological polar surface area (TPSA) is 20.3 Å². The van der Waals surface area contributed by atoms with Crippen molar-refractivity contribution >= 4 is 35.1 Å². The Labute approximate surface area is 104 Å². The average Bonchev–Trinajstić information content (AvgIpc) is 2.96. The van der Waals surface area contributed by atoms with Crippen LogP contribution < -0.4 is 0 Å². The Morgan fingerprint density at radius 1 is 1.69 bits per heavy atom. The summed E-state index contributed by atoms with van der Waals surface area (Å²) < 4.78 is 0. The van der Waals surface area contributed by atoms with Gasteiger partial charge in [0.2, 0.25) is 5.91 Å². The van der Waals surface area contributed by atoms with Crippen molar-refractivity contribution in [3.8, 4) is 0 Å². The molecule has 0 aromatic carbocycles. The van der Waals surface area contributed by atoms with Crippen molar-refractivity contribution in [2.24, 2.45) is 0 Å². The first kappa shape index (κ1) is 11.7. The predicted molar refractivity (Wildman–Crippen MR) is 71.9 cm³/mol. The molecule has 0 radical (unpaired) electrons. The van der Waals surface area contributed by atoms with E-state index < -0.39 is 0 Å². The number of rotatable bonds is 3. The van der Waals surface area contributed by atoms with E-state index in [4.69, 9.17) is 0 Å². The molecule has 0 saturated carbocycles. The maximum absolute atomic E-state index is 11.8. The zero-order valence-electron chi connectivity index (χ0n) is 9.26. The van der Waals surface area contributed by atoms with Crippen molar-refractivity contribution in [3.63, 3.8) is 0 Å². The predicted octanol–water partition coefficient (Wildman–Crippen LogP) is 2.73. The third-order valence-electron chi connectivity index (χ3n) is 2.72. The number of carbonyl (C=O) groups excluding carboxylic acids is 1. The molecule has 2 rings (SSSR count). The fourth-order valence-corrected chi connectivity index (χ4v) is 3.05. The number of likely N-dealkylation sites (tertiary alicyclic amines) is 1.